The van der Waals surface area contributed by atoms with Gasteiger partial charge < -0.3 is 19.8 Å². The fraction of sp³-hybridized carbons (Fsp3) is 0.278. The van der Waals surface area contributed by atoms with Crippen molar-refractivity contribution in [3.8, 4) is 17.3 Å². The van der Waals surface area contributed by atoms with Crippen molar-refractivity contribution < 1.29 is 17.9 Å². The summed E-state index contributed by atoms with van der Waals surface area (Å²) >= 11 is 5.95. The highest BCUT2D eigenvalue weighted by atomic mass is 35.5. The summed E-state index contributed by atoms with van der Waals surface area (Å²) in [6.07, 6.45) is 2.12. The summed E-state index contributed by atoms with van der Waals surface area (Å²) in [5.41, 5.74) is 0.485. The molecular formula is C18H19ClF2N6O2. The predicted molar refractivity (Wildman–Crippen MR) is 104 cm³/mol. The molecule has 0 atom stereocenters. The fourth-order valence-corrected chi connectivity index (χ4v) is 2.71. The van der Waals surface area contributed by atoms with Crippen LogP contribution in [0.2, 0.25) is 5.02 Å². The van der Waals surface area contributed by atoms with E-state index in [1.807, 2.05) is 0 Å². The zero-order valence-corrected chi connectivity index (χ0v) is 16.2. The van der Waals surface area contributed by atoms with Gasteiger partial charge in [0.05, 0.1) is 6.26 Å². The minimum Gasteiger partial charge on any atom is -0.461 e. The number of rotatable bonds is 8. The lowest BCUT2D eigenvalue weighted by molar-refractivity contribution is -0.0504. The number of H-pyrrole nitrogens is 1. The number of nitrogens with zero attached hydrogens (tertiary/aromatic N) is 3. The molecule has 0 bridgehead atoms. The third kappa shape index (κ3) is 5.92. The van der Waals surface area contributed by atoms with Crippen molar-refractivity contribution in [3.63, 3.8) is 0 Å². The van der Waals surface area contributed by atoms with E-state index in [-0.39, 0.29) is 12.3 Å². The molecule has 3 aromatic rings. The van der Waals surface area contributed by atoms with Gasteiger partial charge in [-0.05, 0) is 30.3 Å². The van der Waals surface area contributed by atoms with Gasteiger partial charge in [0.1, 0.15) is 11.6 Å². The lowest BCUT2D eigenvalue weighted by atomic mass is 10.2. The number of guanidine groups is 1. The second kappa shape index (κ2) is 9.87. The third-order valence-electron chi connectivity index (χ3n) is 3.84. The second-order valence-corrected chi connectivity index (χ2v) is 6.25. The highest BCUT2D eigenvalue weighted by Crippen LogP contribution is 2.24. The molecule has 11 heteroatoms. The Labute approximate surface area is 170 Å². The topological polar surface area (TPSA) is 100 Å². The highest BCUT2D eigenvalue weighted by molar-refractivity contribution is 6.30. The Bertz CT molecular complexity index is 946. The minimum atomic E-state index is -2.92. The van der Waals surface area contributed by atoms with Crippen LogP contribution in [-0.2, 0) is 13.0 Å². The molecule has 0 radical (unpaired) electrons. The lowest BCUT2D eigenvalue weighted by Gasteiger charge is -2.14. The van der Waals surface area contributed by atoms with E-state index in [1.165, 1.54) is 12.1 Å². The molecule has 0 fully saturated rings. The Morgan fingerprint density at radius 2 is 2.21 bits per heavy atom. The number of halogens is 3. The molecule has 0 saturated carbocycles. The average Bonchev–Trinajstić information content (AvgIpc) is 3.37. The lowest BCUT2D eigenvalue weighted by Crippen LogP contribution is -2.38. The fourth-order valence-electron chi connectivity index (χ4n) is 2.52. The SMILES string of the molecule is CN=C(NCCc1nc(-c2ccco2)n[nH]1)NCc1cc(Cl)ccc1OC(F)F. The maximum absolute atomic E-state index is 12.6. The minimum absolute atomic E-state index is 0.0551. The second-order valence-electron chi connectivity index (χ2n) is 5.82. The van der Waals surface area contributed by atoms with E-state index < -0.39 is 6.61 Å². The van der Waals surface area contributed by atoms with E-state index in [0.717, 1.165) is 0 Å². The van der Waals surface area contributed by atoms with Crippen LogP contribution < -0.4 is 15.4 Å². The van der Waals surface area contributed by atoms with Crippen LogP contribution in [0.5, 0.6) is 5.75 Å². The van der Waals surface area contributed by atoms with Crippen LogP contribution >= 0.6 is 11.6 Å². The molecule has 2 heterocycles. The van der Waals surface area contributed by atoms with E-state index in [9.17, 15) is 8.78 Å². The molecule has 1 aromatic carbocycles. The van der Waals surface area contributed by atoms with Gasteiger partial charge in [0, 0.05) is 37.1 Å². The van der Waals surface area contributed by atoms with E-state index >= 15 is 0 Å². The smallest absolute Gasteiger partial charge is 0.387 e. The number of nitrogens with one attached hydrogen (secondary N) is 3. The van der Waals surface area contributed by atoms with Crippen LogP contribution in [0.25, 0.3) is 11.6 Å². The molecule has 3 N–H and O–H groups in total. The van der Waals surface area contributed by atoms with Gasteiger partial charge >= 0.3 is 6.61 Å². The first-order valence-electron chi connectivity index (χ1n) is 8.68. The van der Waals surface area contributed by atoms with E-state index in [4.69, 9.17) is 16.0 Å². The third-order valence-corrected chi connectivity index (χ3v) is 4.07. The average molecular weight is 425 g/mol. The molecule has 154 valence electrons. The van der Waals surface area contributed by atoms with E-state index in [2.05, 4.69) is 35.5 Å². The molecule has 2 aromatic heterocycles. The Balaban J connectivity index is 1.51. The Hall–Kier alpha value is -3.14. The summed E-state index contributed by atoms with van der Waals surface area (Å²) in [4.78, 5) is 8.46. The number of ether oxygens (including phenoxy) is 1. The first-order valence-corrected chi connectivity index (χ1v) is 9.06. The summed E-state index contributed by atoms with van der Waals surface area (Å²) in [5.74, 6) is 2.29. The zero-order chi connectivity index (χ0) is 20.6. The summed E-state index contributed by atoms with van der Waals surface area (Å²) in [6.45, 7) is -2.20. The van der Waals surface area contributed by atoms with Gasteiger partial charge in [-0.15, -0.1) is 0 Å². The van der Waals surface area contributed by atoms with Gasteiger partial charge in [-0.3, -0.25) is 10.1 Å². The maximum Gasteiger partial charge on any atom is 0.387 e. The van der Waals surface area contributed by atoms with Gasteiger partial charge in [-0.2, -0.15) is 13.9 Å². The molecule has 0 spiro atoms. The molecule has 0 aliphatic heterocycles. The van der Waals surface area contributed by atoms with Gasteiger partial charge in [-0.25, -0.2) is 4.98 Å². The summed E-state index contributed by atoms with van der Waals surface area (Å²) < 4.78 is 34.9. The van der Waals surface area contributed by atoms with Crippen LogP contribution in [0.3, 0.4) is 0 Å². The number of aromatic nitrogens is 3. The normalized spacial score (nSPS) is 11.7. The van der Waals surface area contributed by atoms with Crippen molar-refractivity contribution in [2.24, 2.45) is 4.99 Å². The maximum atomic E-state index is 12.6. The Morgan fingerprint density at radius 1 is 1.34 bits per heavy atom. The first kappa shape index (κ1) is 20.6. The van der Waals surface area contributed by atoms with Crippen molar-refractivity contribution >= 4 is 17.6 Å². The van der Waals surface area contributed by atoms with Crippen molar-refractivity contribution in [2.75, 3.05) is 13.6 Å². The van der Waals surface area contributed by atoms with Crippen LogP contribution in [0, 0.1) is 0 Å². The number of alkyl halides is 2. The van der Waals surface area contributed by atoms with Gasteiger partial charge in [0.15, 0.2) is 11.7 Å². The molecule has 8 nitrogen and oxygen atoms in total. The largest absolute Gasteiger partial charge is 0.461 e. The number of benzene rings is 1. The van der Waals surface area contributed by atoms with Crippen molar-refractivity contribution in [1.29, 1.82) is 0 Å². The molecule has 0 amide bonds. The number of aliphatic imine (C=N–C) groups is 1. The standard InChI is InChI=1S/C18H19ClF2N6O2/c1-22-18(24-10-11-9-12(19)4-5-13(11)29-17(20)21)23-7-6-15-25-16(27-26-15)14-3-2-8-28-14/h2-5,8-9,17H,6-7,10H2,1H3,(H2,22,23,24)(H,25,26,27). The van der Waals surface area contributed by atoms with Gasteiger partial charge in [0.2, 0.25) is 5.82 Å². The number of hydrogen-bond donors (Lipinski definition) is 3. The molecule has 0 unspecified atom stereocenters. The van der Waals surface area contributed by atoms with E-state index in [1.54, 1.807) is 31.5 Å². The van der Waals surface area contributed by atoms with Crippen LogP contribution in [0.1, 0.15) is 11.4 Å². The van der Waals surface area contributed by atoms with Gasteiger partial charge in [0.25, 0.3) is 0 Å². The molecule has 0 saturated heterocycles. The zero-order valence-electron chi connectivity index (χ0n) is 15.5. The quantitative estimate of drug-likeness (QED) is 0.379. The van der Waals surface area contributed by atoms with Crippen molar-refractivity contribution in [3.05, 3.63) is 53.0 Å². The number of furan rings is 1. The van der Waals surface area contributed by atoms with Crippen LogP contribution in [0.4, 0.5) is 8.78 Å². The monoisotopic (exact) mass is 424 g/mol. The summed E-state index contributed by atoms with van der Waals surface area (Å²) in [5, 5.41) is 13.5. The summed E-state index contributed by atoms with van der Waals surface area (Å²) in [6, 6.07) is 8.00. The molecule has 3 rings (SSSR count). The number of hydrogen-bond acceptors (Lipinski definition) is 5. The Kier molecular flexibility index (Phi) is 7.01. The first-order chi connectivity index (χ1) is 14.0. The number of aromatic amines is 1. The van der Waals surface area contributed by atoms with Gasteiger partial charge in [-0.1, -0.05) is 11.6 Å². The van der Waals surface area contributed by atoms with Crippen LogP contribution in [-0.4, -0.2) is 41.3 Å². The van der Waals surface area contributed by atoms with E-state index in [0.29, 0.717) is 46.9 Å². The summed E-state index contributed by atoms with van der Waals surface area (Å²) in [7, 11) is 1.60. The molecular weight excluding hydrogens is 406 g/mol. The van der Waals surface area contributed by atoms with Crippen LogP contribution in [0.15, 0.2) is 46.0 Å². The Morgan fingerprint density at radius 3 is 2.93 bits per heavy atom. The van der Waals surface area contributed by atoms with Crippen molar-refractivity contribution in [1.82, 2.24) is 25.8 Å². The van der Waals surface area contributed by atoms with Crippen molar-refractivity contribution in [2.45, 2.75) is 19.6 Å². The highest BCUT2D eigenvalue weighted by Gasteiger charge is 2.11. The molecule has 0 aliphatic carbocycles. The molecule has 29 heavy (non-hydrogen) atoms. The predicted octanol–water partition coefficient (Wildman–Crippen LogP) is 3.23. The molecule has 0 aliphatic rings.